The summed E-state index contributed by atoms with van der Waals surface area (Å²) >= 11 is 0. The lowest BCUT2D eigenvalue weighted by Crippen LogP contribution is -2.49. The first-order valence-corrected chi connectivity index (χ1v) is 7.83. The van der Waals surface area contributed by atoms with Crippen molar-refractivity contribution < 1.29 is 36.4 Å². The zero-order chi connectivity index (χ0) is 15.4. The van der Waals surface area contributed by atoms with Crippen LogP contribution in [0.2, 0.25) is 0 Å². The summed E-state index contributed by atoms with van der Waals surface area (Å²) < 4.78 is 44.3. The summed E-state index contributed by atoms with van der Waals surface area (Å²) in [5, 5.41) is -1.05. The molecule has 9 heteroatoms. The van der Waals surface area contributed by atoms with Crippen molar-refractivity contribution in [2.75, 3.05) is 6.61 Å². The lowest BCUT2D eigenvalue weighted by Gasteiger charge is -2.26. The van der Waals surface area contributed by atoms with E-state index in [2.05, 4.69) is 11.3 Å². The molecule has 0 aliphatic carbocycles. The molecule has 5 atom stereocenters. The summed E-state index contributed by atoms with van der Waals surface area (Å²) in [6, 6.07) is 0. The minimum Gasteiger partial charge on any atom is -0.455 e. The Labute approximate surface area is 121 Å². The van der Waals surface area contributed by atoms with Gasteiger partial charge in [0.15, 0.2) is 18.0 Å². The smallest absolute Gasteiger partial charge is 0.344 e. The van der Waals surface area contributed by atoms with Crippen LogP contribution in [0, 0.1) is 0 Å². The van der Waals surface area contributed by atoms with Crippen LogP contribution >= 0.6 is 0 Å². The zero-order valence-electron chi connectivity index (χ0n) is 11.2. The average Bonchev–Trinajstić information content (AvgIpc) is 2.88. The third kappa shape index (κ3) is 2.07. The summed E-state index contributed by atoms with van der Waals surface area (Å²) in [5.41, 5.74) is -0.994. The van der Waals surface area contributed by atoms with Gasteiger partial charge in [-0.25, -0.2) is 9.59 Å². The highest BCUT2D eigenvalue weighted by Gasteiger charge is 2.74. The number of ether oxygens (including phenoxy) is 3. The second-order valence-electron chi connectivity index (χ2n) is 5.34. The standard InChI is InChI=1S/C12H14O8S/c1-3-8(13)17-5-9(14)18-10-6-4-7-12(2,19-6)11(10)21(15,16)20-7/h3,6-7,10-11H,1,4-5H2,2H3. The molecular weight excluding hydrogens is 304 g/mol. The highest BCUT2D eigenvalue weighted by Crippen LogP contribution is 2.54. The van der Waals surface area contributed by atoms with E-state index in [9.17, 15) is 18.0 Å². The Kier molecular flexibility index (Phi) is 3.12. The van der Waals surface area contributed by atoms with Crippen molar-refractivity contribution in [1.29, 1.82) is 0 Å². The van der Waals surface area contributed by atoms with Crippen LogP contribution in [0.1, 0.15) is 13.3 Å². The number of esters is 2. The van der Waals surface area contributed by atoms with Gasteiger partial charge >= 0.3 is 11.9 Å². The van der Waals surface area contributed by atoms with Crippen LogP contribution in [-0.2, 0) is 38.1 Å². The molecule has 0 spiro atoms. The van der Waals surface area contributed by atoms with Gasteiger partial charge in [-0.3, -0.25) is 4.18 Å². The molecule has 0 aromatic rings. The number of hydrogen-bond acceptors (Lipinski definition) is 8. The van der Waals surface area contributed by atoms with Crippen LogP contribution in [-0.4, -0.2) is 56.1 Å². The van der Waals surface area contributed by atoms with Gasteiger partial charge in [0.25, 0.3) is 10.1 Å². The van der Waals surface area contributed by atoms with Crippen molar-refractivity contribution in [3.8, 4) is 0 Å². The van der Waals surface area contributed by atoms with Gasteiger partial charge in [-0.15, -0.1) is 0 Å². The van der Waals surface area contributed by atoms with E-state index < -0.39 is 57.8 Å². The fourth-order valence-electron chi connectivity index (χ4n) is 3.19. The van der Waals surface area contributed by atoms with Crippen molar-refractivity contribution >= 4 is 22.1 Å². The van der Waals surface area contributed by atoms with Crippen molar-refractivity contribution in [1.82, 2.24) is 0 Å². The fraction of sp³-hybridized carbons (Fsp3) is 0.667. The second kappa shape index (κ2) is 4.52. The number of fused-ring (bicyclic) bond motifs is 1. The quantitative estimate of drug-likeness (QED) is 0.380. The van der Waals surface area contributed by atoms with Gasteiger partial charge in [-0.1, -0.05) is 6.58 Å². The molecule has 0 aromatic heterocycles. The van der Waals surface area contributed by atoms with Crippen LogP contribution in [0.3, 0.4) is 0 Å². The first-order valence-electron chi connectivity index (χ1n) is 6.36. The van der Waals surface area contributed by atoms with E-state index in [1.807, 2.05) is 0 Å². The van der Waals surface area contributed by atoms with Crippen LogP contribution in [0.25, 0.3) is 0 Å². The Bertz CT molecular complexity index is 611. The Morgan fingerprint density at radius 1 is 1.48 bits per heavy atom. The van der Waals surface area contributed by atoms with Gasteiger partial charge in [-0.05, 0) is 6.92 Å². The molecule has 0 saturated carbocycles. The molecule has 3 saturated heterocycles. The van der Waals surface area contributed by atoms with Crippen LogP contribution in [0.15, 0.2) is 12.7 Å². The first kappa shape index (κ1) is 14.5. The molecular formula is C12H14O8S. The van der Waals surface area contributed by atoms with Crippen molar-refractivity contribution in [3.63, 3.8) is 0 Å². The molecule has 3 aliphatic rings. The Balaban J connectivity index is 1.71. The minimum atomic E-state index is -3.85. The molecule has 3 heterocycles. The number of hydrogen-bond donors (Lipinski definition) is 0. The van der Waals surface area contributed by atoms with Crippen molar-refractivity contribution in [2.24, 2.45) is 0 Å². The van der Waals surface area contributed by atoms with E-state index in [4.69, 9.17) is 13.7 Å². The molecule has 2 bridgehead atoms. The lowest BCUT2D eigenvalue weighted by molar-refractivity contribution is -0.161. The monoisotopic (exact) mass is 318 g/mol. The largest absolute Gasteiger partial charge is 0.455 e. The topological polar surface area (TPSA) is 105 Å². The maximum atomic E-state index is 12.0. The highest BCUT2D eigenvalue weighted by atomic mass is 32.2. The van der Waals surface area contributed by atoms with E-state index in [1.54, 1.807) is 6.92 Å². The third-order valence-electron chi connectivity index (χ3n) is 4.05. The minimum absolute atomic E-state index is 0.344. The van der Waals surface area contributed by atoms with Gasteiger partial charge in [0, 0.05) is 12.5 Å². The zero-order valence-corrected chi connectivity index (χ0v) is 12.0. The van der Waals surface area contributed by atoms with E-state index in [1.165, 1.54) is 0 Å². The molecule has 3 aliphatic heterocycles. The van der Waals surface area contributed by atoms with E-state index in [0.717, 1.165) is 6.08 Å². The summed E-state index contributed by atoms with van der Waals surface area (Å²) in [7, 11) is -3.85. The number of carbonyl (C=O) groups is 2. The Morgan fingerprint density at radius 3 is 2.86 bits per heavy atom. The second-order valence-corrected chi connectivity index (χ2v) is 7.03. The maximum absolute atomic E-state index is 12.0. The molecule has 0 amide bonds. The molecule has 3 fully saturated rings. The summed E-state index contributed by atoms with van der Waals surface area (Å²) in [5.74, 6) is -1.60. The fourth-order valence-corrected chi connectivity index (χ4v) is 5.24. The summed E-state index contributed by atoms with van der Waals surface area (Å²) in [4.78, 5) is 22.5. The molecule has 21 heavy (non-hydrogen) atoms. The highest BCUT2D eigenvalue weighted by molar-refractivity contribution is 7.87. The SMILES string of the molecule is C=CC(=O)OCC(=O)OC1C2CC3OS(=O)(=O)C1C3(C)O2. The molecule has 0 aromatic carbocycles. The molecule has 3 rings (SSSR count). The predicted molar refractivity (Wildman–Crippen MR) is 66.5 cm³/mol. The van der Waals surface area contributed by atoms with Gasteiger partial charge in [0.1, 0.15) is 11.7 Å². The van der Waals surface area contributed by atoms with Gasteiger partial charge in [0.05, 0.1) is 6.10 Å². The normalized spacial score (nSPS) is 41.8. The van der Waals surface area contributed by atoms with E-state index in [0.29, 0.717) is 6.42 Å². The van der Waals surface area contributed by atoms with Crippen molar-refractivity contribution in [2.45, 2.75) is 42.5 Å². The van der Waals surface area contributed by atoms with Crippen LogP contribution in [0.4, 0.5) is 0 Å². The predicted octanol–water partition coefficient (Wildman–Crippen LogP) is -0.714. The average molecular weight is 318 g/mol. The van der Waals surface area contributed by atoms with E-state index >= 15 is 0 Å². The van der Waals surface area contributed by atoms with Gasteiger partial charge in [0.2, 0.25) is 0 Å². The van der Waals surface area contributed by atoms with E-state index in [-0.39, 0.29) is 0 Å². The number of rotatable bonds is 4. The maximum Gasteiger partial charge on any atom is 0.344 e. The summed E-state index contributed by atoms with van der Waals surface area (Å²) in [6.07, 6.45) is -0.758. The lowest BCUT2D eigenvalue weighted by atomic mass is 9.85. The first-order chi connectivity index (χ1) is 9.78. The molecule has 8 nitrogen and oxygen atoms in total. The molecule has 116 valence electrons. The van der Waals surface area contributed by atoms with Crippen molar-refractivity contribution in [3.05, 3.63) is 12.7 Å². The Hall–Kier alpha value is -1.45. The van der Waals surface area contributed by atoms with Crippen LogP contribution in [0.5, 0.6) is 0 Å². The summed E-state index contributed by atoms with van der Waals surface area (Å²) in [6.45, 7) is 4.22. The third-order valence-corrected chi connectivity index (χ3v) is 5.91. The number of carbonyl (C=O) groups excluding carboxylic acids is 2. The van der Waals surface area contributed by atoms with Gasteiger partial charge in [-0.2, -0.15) is 8.42 Å². The van der Waals surface area contributed by atoms with Crippen LogP contribution < -0.4 is 0 Å². The van der Waals surface area contributed by atoms with Gasteiger partial charge < -0.3 is 14.2 Å². The molecule has 5 unspecified atom stereocenters. The molecule has 0 radical (unpaired) electrons. The molecule has 0 N–H and O–H groups in total. The Morgan fingerprint density at radius 2 is 2.19 bits per heavy atom.